The van der Waals surface area contributed by atoms with Crippen LogP contribution in [0, 0.1) is 6.92 Å². The molecular formula is C16H20N2O3S. The summed E-state index contributed by atoms with van der Waals surface area (Å²) in [6.45, 7) is 3.91. The largest absolute Gasteiger partial charge is 0.493 e. The zero-order chi connectivity index (χ0) is 15.9. The normalized spacial score (nSPS) is 11.8. The van der Waals surface area contributed by atoms with E-state index in [1.807, 2.05) is 31.4 Å². The van der Waals surface area contributed by atoms with Crippen molar-refractivity contribution in [2.75, 3.05) is 13.7 Å². The van der Waals surface area contributed by atoms with Crippen LogP contribution in [0.25, 0.3) is 0 Å². The lowest BCUT2D eigenvalue weighted by Gasteiger charge is -2.15. The van der Waals surface area contributed by atoms with E-state index in [-0.39, 0.29) is 18.6 Å². The van der Waals surface area contributed by atoms with Crippen LogP contribution in [0.3, 0.4) is 0 Å². The molecule has 5 nitrogen and oxygen atoms in total. The van der Waals surface area contributed by atoms with Gasteiger partial charge >= 0.3 is 0 Å². The van der Waals surface area contributed by atoms with Gasteiger partial charge in [0, 0.05) is 11.1 Å². The first kappa shape index (κ1) is 16.3. The van der Waals surface area contributed by atoms with Crippen molar-refractivity contribution < 1.29 is 14.3 Å². The second kappa shape index (κ2) is 7.79. The van der Waals surface area contributed by atoms with Crippen molar-refractivity contribution in [2.24, 2.45) is 0 Å². The Morgan fingerprint density at radius 1 is 1.36 bits per heavy atom. The maximum atomic E-state index is 12.1. The molecule has 0 bridgehead atoms. The second-order valence-corrected chi connectivity index (χ2v) is 5.68. The van der Waals surface area contributed by atoms with E-state index in [1.165, 1.54) is 0 Å². The highest BCUT2D eigenvalue weighted by Crippen LogP contribution is 2.25. The molecule has 0 fully saturated rings. The number of benzene rings is 1. The highest BCUT2D eigenvalue weighted by Gasteiger charge is 2.16. The Balaban J connectivity index is 1.92. The zero-order valence-electron chi connectivity index (χ0n) is 13.0. The third-order valence-corrected chi connectivity index (χ3v) is 4.18. The molecule has 1 aromatic heterocycles. The van der Waals surface area contributed by atoms with Crippen molar-refractivity contribution in [2.45, 2.75) is 26.3 Å². The Labute approximate surface area is 134 Å². The highest BCUT2D eigenvalue weighted by molar-refractivity contribution is 7.09. The molecule has 118 valence electrons. The van der Waals surface area contributed by atoms with Crippen molar-refractivity contribution >= 4 is 17.2 Å². The minimum Gasteiger partial charge on any atom is -0.493 e. The van der Waals surface area contributed by atoms with Crippen LogP contribution >= 0.6 is 11.3 Å². The van der Waals surface area contributed by atoms with Gasteiger partial charge in [-0.25, -0.2) is 4.98 Å². The SMILES string of the molecule is CC[C@@H](NC(=O)COc1ccccc1OC)c1nc(C)cs1. The quantitative estimate of drug-likeness (QED) is 0.851. The highest BCUT2D eigenvalue weighted by atomic mass is 32.1. The van der Waals surface area contributed by atoms with Gasteiger partial charge in [-0.05, 0) is 25.5 Å². The number of para-hydroxylation sites is 2. The fourth-order valence-corrected chi connectivity index (χ4v) is 2.92. The summed E-state index contributed by atoms with van der Waals surface area (Å²) in [5.74, 6) is 0.988. The van der Waals surface area contributed by atoms with E-state index in [4.69, 9.17) is 9.47 Å². The number of thiazole rings is 1. The molecule has 1 heterocycles. The molecule has 2 aromatic rings. The van der Waals surface area contributed by atoms with E-state index in [2.05, 4.69) is 10.3 Å². The molecule has 0 spiro atoms. The first-order chi connectivity index (χ1) is 10.6. The van der Waals surface area contributed by atoms with Crippen LogP contribution < -0.4 is 14.8 Å². The van der Waals surface area contributed by atoms with Crippen molar-refractivity contribution in [3.8, 4) is 11.5 Å². The van der Waals surface area contributed by atoms with Gasteiger partial charge in [-0.2, -0.15) is 0 Å². The number of aryl methyl sites for hydroxylation is 1. The number of nitrogens with zero attached hydrogens (tertiary/aromatic N) is 1. The fourth-order valence-electron chi connectivity index (χ4n) is 1.99. The van der Waals surface area contributed by atoms with Crippen LogP contribution in [0.5, 0.6) is 11.5 Å². The molecule has 6 heteroatoms. The van der Waals surface area contributed by atoms with Gasteiger partial charge in [0.25, 0.3) is 5.91 Å². The number of aromatic nitrogens is 1. The molecule has 0 radical (unpaired) electrons. The first-order valence-electron chi connectivity index (χ1n) is 7.11. The number of amides is 1. The number of ether oxygens (including phenoxy) is 2. The van der Waals surface area contributed by atoms with Crippen LogP contribution in [0.15, 0.2) is 29.6 Å². The minimum absolute atomic E-state index is 0.0543. The summed E-state index contributed by atoms with van der Waals surface area (Å²) in [5.41, 5.74) is 0.970. The van der Waals surface area contributed by atoms with Crippen LogP contribution in [0.2, 0.25) is 0 Å². The predicted molar refractivity (Wildman–Crippen MR) is 86.5 cm³/mol. The van der Waals surface area contributed by atoms with Gasteiger partial charge in [0.2, 0.25) is 0 Å². The fraction of sp³-hybridized carbons (Fsp3) is 0.375. The van der Waals surface area contributed by atoms with E-state index in [1.54, 1.807) is 30.6 Å². The molecule has 1 atom stereocenters. The van der Waals surface area contributed by atoms with Crippen molar-refractivity contribution in [3.05, 3.63) is 40.3 Å². The summed E-state index contributed by atoms with van der Waals surface area (Å²) in [7, 11) is 1.57. The zero-order valence-corrected chi connectivity index (χ0v) is 13.8. The summed E-state index contributed by atoms with van der Waals surface area (Å²) in [6.07, 6.45) is 0.785. The first-order valence-corrected chi connectivity index (χ1v) is 7.99. The smallest absolute Gasteiger partial charge is 0.258 e. The van der Waals surface area contributed by atoms with Gasteiger partial charge in [-0.15, -0.1) is 11.3 Å². The van der Waals surface area contributed by atoms with Crippen LogP contribution in [-0.4, -0.2) is 24.6 Å². The Bertz CT molecular complexity index is 627. The molecule has 0 aliphatic carbocycles. The Morgan fingerprint density at radius 3 is 2.68 bits per heavy atom. The number of hydrogen-bond acceptors (Lipinski definition) is 5. The average molecular weight is 320 g/mol. The van der Waals surface area contributed by atoms with Crippen LogP contribution in [0.4, 0.5) is 0 Å². The van der Waals surface area contributed by atoms with Gasteiger partial charge in [0.05, 0.1) is 13.2 Å². The number of carbonyl (C=O) groups excluding carboxylic acids is 1. The summed E-state index contributed by atoms with van der Waals surface area (Å²) < 4.78 is 10.7. The standard InChI is InChI=1S/C16H20N2O3S/c1-4-12(16-17-11(2)10-22-16)18-15(19)9-21-14-8-6-5-7-13(14)20-3/h5-8,10,12H,4,9H2,1-3H3,(H,18,19)/t12-/m1/s1. The molecule has 1 N–H and O–H groups in total. The van der Waals surface area contributed by atoms with Gasteiger partial charge in [-0.1, -0.05) is 19.1 Å². The summed E-state index contributed by atoms with van der Waals surface area (Å²) >= 11 is 1.56. The summed E-state index contributed by atoms with van der Waals surface area (Å²) in [5, 5.41) is 5.85. The molecule has 1 amide bonds. The molecule has 0 saturated heterocycles. The Morgan fingerprint density at radius 2 is 2.09 bits per heavy atom. The molecule has 22 heavy (non-hydrogen) atoms. The lowest BCUT2D eigenvalue weighted by molar-refractivity contribution is -0.123. The molecule has 0 aliphatic heterocycles. The molecular weight excluding hydrogens is 300 g/mol. The lowest BCUT2D eigenvalue weighted by Crippen LogP contribution is -2.32. The van der Waals surface area contributed by atoms with Gasteiger partial charge < -0.3 is 14.8 Å². The van der Waals surface area contributed by atoms with E-state index in [0.717, 1.165) is 17.1 Å². The maximum absolute atomic E-state index is 12.1. The van der Waals surface area contributed by atoms with Gasteiger partial charge in [-0.3, -0.25) is 4.79 Å². The maximum Gasteiger partial charge on any atom is 0.258 e. The Kier molecular flexibility index (Phi) is 5.77. The molecule has 0 aliphatic rings. The number of hydrogen-bond donors (Lipinski definition) is 1. The predicted octanol–water partition coefficient (Wildman–Crippen LogP) is 3.11. The van der Waals surface area contributed by atoms with E-state index in [9.17, 15) is 4.79 Å². The number of carbonyl (C=O) groups is 1. The average Bonchev–Trinajstić information content (AvgIpc) is 2.97. The van der Waals surface area contributed by atoms with Crippen molar-refractivity contribution in [3.63, 3.8) is 0 Å². The molecule has 2 rings (SSSR count). The summed E-state index contributed by atoms with van der Waals surface area (Å²) in [4.78, 5) is 16.5. The topological polar surface area (TPSA) is 60.5 Å². The second-order valence-electron chi connectivity index (χ2n) is 4.80. The van der Waals surface area contributed by atoms with Gasteiger partial charge in [0.15, 0.2) is 18.1 Å². The monoisotopic (exact) mass is 320 g/mol. The number of rotatable bonds is 7. The van der Waals surface area contributed by atoms with Crippen molar-refractivity contribution in [1.29, 1.82) is 0 Å². The third-order valence-electron chi connectivity index (χ3n) is 3.11. The Hall–Kier alpha value is -2.08. The van der Waals surface area contributed by atoms with E-state index >= 15 is 0 Å². The third kappa shape index (κ3) is 4.21. The summed E-state index contributed by atoms with van der Waals surface area (Å²) in [6, 6.07) is 7.17. The lowest BCUT2D eigenvalue weighted by atomic mass is 10.2. The minimum atomic E-state index is -0.175. The van der Waals surface area contributed by atoms with E-state index < -0.39 is 0 Å². The van der Waals surface area contributed by atoms with Gasteiger partial charge in [0.1, 0.15) is 5.01 Å². The molecule has 1 aromatic carbocycles. The van der Waals surface area contributed by atoms with Crippen LogP contribution in [-0.2, 0) is 4.79 Å². The van der Waals surface area contributed by atoms with Crippen molar-refractivity contribution in [1.82, 2.24) is 10.3 Å². The number of nitrogens with one attached hydrogen (secondary N) is 1. The van der Waals surface area contributed by atoms with Crippen LogP contribution in [0.1, 0.15) is 30.1 Å². The number of methoxy groups -OCH3 is 1. The molecule has 0 unspecified atom stereocenters. The van der Waals surface area contributed by atoms with E-state index in [0.29, 0.717) is 11.5 Å². The molecule has 0 saturated carbocycles.